The Morgan fingerprint density at radius 1 is 1.10 bits per heavy atom. The van der Waals surface area contributed by atoms with E-state index in [1.54, 1.807) is 36.6 Å². The van der Waals surface area contributed by atoms with Gasteiger partial charge in [0.1, 0.15) is 5.75 Å². The van der Waals surface area contributed by atoms with Gasteiger partial charge in [-0.25, -0.2) is 4.98 Å². The van der Waals surface area contributed by atoms with Crippen molar-refractivity contribution in [2.45, 2.75) is 44.2 Å². The number of nitrogens with zero attached hydrogens (tertiary/aromatic N) is 3. The Kier molecular flexibility index (Phi) is 8.07. The number of anilines is 1. The van der Waals surface area contributed by atoms with Gasteiger partial charge in [-0.05, 0) is 68.0 Å². The first-order chi connectivity index (χ1) is 19.5. The molecule has 2 saturated heterocycles. The standard InChI is InChI=1S/C30H33ClN4O4S/c1-38-26-10-7-21(17-23(26)31)29(37)35-11-3-6-25(35)19-4-2-5-20(16-19)28(36)33-30-32-24-9-8-22(18-27(24)40-30)34-12-14-39-15-13-34/h2,4-5,7,10,16-17,22,25H,3,6,8-9,11-15,18H2,1H3,(H,32,33,36)/t22-,25+/m0/s1. The maximum atomic E-state index is 13.4. The Morgan fingerprint density at radius 3 is 2.75 bits per heavy atom. The van der Waals surface area contributed by atoms with Crippen molar-refractivity contribution in [2.24, 2.45) is 0 Å². The lowest BCUT2D eigenvalue weighted by molar-refractivity contribution is 0.0139. The molecular formula is C30H33ClN4O4S. The van der Waals surface area contributed by atoms with Crippen LogP contribution in [0.1, 0.15) is 62.2 Å². The molecule has 2 aliphatic heterocycles. The first-order valence-corrected chi connectivity index (χ1v) is 15.1. The Morgan fingerprint density at radius 2 is 1.95 bits per heavy atom. The molecule has 2 fully saturated rings. The minimum Gasteiger partial charge on any atom is -0.495 e. The van der Waals surface area contributed by atoms with Gasteiger partial charge in [-0.15, -0.1) is 11.3 Å². The molecule has 0 spiro atoms. The van der Waals surface area contributed by atoms with Gasteiger partial charge in [0.05, 0.1) is 37.1 Å². The van der Waals surface area contributed by atoms with Gasteiger partial charge >= 0.3 is 0 Å². The van der Waals surface area contributed by atoms with E-state index < -0.39 is 0 Å². The molecule has 0 bridgehead atoms. The van der Waals surface area contributed by atoms with E-state index in [2.05, 4.69) is 10.2 Å². The molecule has 0 unspecified atom stereocenters. The number of thiazole rings is 1. The van der Waals surface area contributed by atoms with Gasteiger partial charge in [-0.2, -0.15) is 0 Å². The molecule has 1 aromatic heterocycles. The fourth-order valence-electron chi connectivity index (χ4n) is 6.04. The Bertz CT molecular complexity index is 1410. The SMILES string of the molecule is COc1ccc(C(=O)N2CCC[C@@H]2c2cccc(C(=O)Nc3nc4c(s3)C[C@@H](N3CCOCC3)CC4)c2)cc1Cl. The van der Waals surface area contributed by atoms with Crippen molar-refractivity contribution in [1.82, 2.24) is 14.8 Å². The number of morpholine rings is 1. The van der Waals surface area contributed by atoms with E-state index in [1.165, 1.54) is 4.88 Å². The van der Waals surface area contributed by atoms with Crippen LogP contribution in [0.4, 0.5) is 5.13 Å². The molecule has 2 amide bonds. The number of carbonyl (C=O) groups is 2. The van der Waals surface area contributed by atoms with Crippen LogP contribution in [-0.4, -0.2) is 72.6 Å². The molecule has 2 atom stereocenters. The summed E-state index contributed by atoms with van der Waals surface area (Å²) in [5.74, 6) is 0.272. The normalized spacial score (nSPS) is 21.2. The monoisotopic (exact) mass is 580 g/mol. The molecule has 3 aromatic rings. The molecule has 1 aliphatic carbocycles. The predicted molar refractivity (Wildman–Crippen MR) is 156 cm³/mol. The Balaban J connectivity index is 1.14. The molecule has 0 saturated carbocycles. The van der Waals surface area contributed by atoms with Gasteiger partial charge in [-0.3, -0.25) is 19.8 Å². The molecule has 8 nitrogen and oxygen atoms in total. The molecule has 3 heterocycles. The van der Waals surface area contributed by atoms with E-state index in [0.717, 1.165) is 69.7 Å². The smallest absolute Gasteiger partial charge is 0.257 e. The zero-order valence-electron chi connectivity index (χ0n) is 22.5. The van der Waals surface area contributed by atoms with Crippen molar-refractivity contribution in [2.75, 3.05) is 45.3 Å². The Hall–Kier alpha value is -2.98. The number of benzene rings is 2. The van der Waals surface area contributed by atoms with Crippen molar-refractivity contribution < 1.29 is 19.1 Å². The van der Waals surface area contributed by atoms with Crippen LogP contribution < -0.4 is 10.1 Å². The van der Waals surface area contributed by atoms with Gasteiger partial charge < -0.3 is 14.4 Å². The maximum absolute atomic E-state index is 13.4. The summed E-state index contributed by atoms with van der Waals surface area (Å²) in [6.07, 6.45) is 4.73. The first kappa shape index (κ1) is 27.2. The average Bonchev–Trinajstić information content (AvgIpc) is 3.64. The van der Waals surface area contributed by atoms with Crippen LogP contribution in [0.15, 0.2) is 42.5 Å². The fraction of sp³-hybridized carbons (Fsp3) is 0.433. The number of fused-ring (bicyclic) bond motifs is 1. The minimum absolute atomic E-state index is 0.0781. The Labute approximate surface area is 243 Å². The van der Waals surface area contributed by atoms with Gasteiger partial charge in [-0.1, -0.05) is 23.7 Å². The highest BCUT2D eigenvalue weighted by Gasteiger charge is 2.32. The first-order valence-electron chi connectivity index (χ1n) is 13.9. The molecular weight excluding hydrogens is 548 g/mol. The number of nitrogens with one attached hydrogen (secondary N) is 1. The second-order valence-electron chi connectivity index (χ2n) is 10.5. The van der Waals surface area contributed by atoms with E-state index in [4.69, 9.17) is 26.1 Å². The van der Waals surface area contributed by atoms with E-state index in [0.29, 0.717) is 39.6 Å². The van der Waals surface area contributed by atoms with Crippen LogP contribution in [0.5, 0.6) is 5.75 Å². The molecule has 0 radical (unpaired) electrons. The number of halogens is 1. The predicted octanol–water partition coefficient (Wildman–Crippen LogP) is 5.22. The van der Waals surface area contributed by atoms with Gasteiger partial charge in [0.25, 0.3) is 11.8 Å². The highest BCUT2D eigenvalue weighted by atomic mass is 35.5. The third kappa shape index (κ3) is 5.61. The van der Waals surface area contributed by atoms with Crippen LogP contribution in [0.2, 0.25) is 5.02 Å². The van der Waals surface area contributed by atoms with E-state index in [-0.39, 0.29) is 17.9 Å². The number of carbonyl (C=O) groups excluding carboxylic acids is 2. The number of likely N-dealkylation sites (tertiary alicyclic amines) is 1. The number of methoxy groups -OCH3 is 1. The summed E-state index contributed by atoms with van der Waals surface area (Å²) < 4.78 is 10.7. The number of aryl methyl sites for hydroxylation is 1. The van der Waals surface area contributed by atoms with Crippen LogP contribution in [0, 0.1) is 0 Å². The van der Waals surface area contributed by atoms with Crippen LogP contribution in [0.25, 0.3) is 0 Å². The van der Waals surface area contributed by atoms with Gasteiger partial charge in [0.2, 0.25) is 0 Å². The largest absolute Gasteiger partial charge is 0.495 e. The lowest BCUT2D eigenvalue weighted by Gasteiger charge is -2.36. The van der Waals surface area contributed by atoms with Crippen LogP contribution in [0.3, 0.4) is 0 Å². The van der Waals surface area contributed by atoms with E-state index >= 15 is 0 Å². The van der Waals surface area contributed by atoms with Gasteiger partial charge in [0.15, 0.2) is 5.13 Å². The maximum Gasteiger partial charge on any atom is 0.257 e. The fourth-order valence-corrected chi connectivity index (χ4v) is 7.38. The molecule has 10 heteroatoms. The number of amides is 2. The quantitative estimate of drug-likeness (QED) is 0.430. The molecule has 6 rings (SSSR count). The lowest BCUT2D eigenvalue weighted by Crippen LogP contribution is -2.45. The number of hydrogen-bond donors (Lipinski definition) is 1. The topological polar surface area (TPSA) is 84.0 Å². The van der Waals surface area contributed by atoms with Crippen molar-refractivity contribution in [1.29, 1.82) is 0 Å². The molecule has 40 heavy (non-hydrogen) atoms. The van der Waals surface area contributed by atoms with Crippen molar-refractivity contribution >= 4 is 39.9 Å². The van der Waals surface area contributed by atoms with Crippen LogP contribution in [-0.2, 0) is 17.6 Å². The number of ether oxygens (including phenoxy) is 2. The zero-order chi connectivity index (χ0) is 27.6. The van der Waals surface area contributed by atoms with E-state index in [1.807, 2.05) is 29.2 Å². The van der Waals surface area contributed by atoms with E-state index in [9.17, 15) is 9.59 Å². The van der Waals surface area contributed by atoms with Crippen molar-refractivity contribution in [3.63, 3.8) is 0 Å². The zero-order valence-corrected chi connectivity index (χ0v) is 24.1. The molecule has 210 valence electrons. The third-order valence-corrected chi connectivity index (χ3v) is 9.47. The number of hydrogen-bond acceptors (Lipinski definition) is 7. The second kappa shape index (κ2) is 11.9. The molecule has 2 aromatic carbocycles. The summed E-state index contributed by atoms with van der Waals surface area (Å²) in [5, 5.41) is 4.09. The number of rotatable bonds is 6. The summed E-state index contributed by atoms with van der Waals surface area (Å²) in [4.78, 5) is 37.1. The third-order valence-electron chi connectivity index (χ3n) is 8.14. The van der Waals surface area contributed by atoms with Crippen molar-refractivity contribution in [3.05, 3.63) is 74.7 Å². The molecule has 3 aliphatic rings. The second-order valence-corrected chi connectivity index (χ2v) is 12.0. The van der Waals surface area contributed by atoms with Crippen molar-refractivity contribution in [3.8, 4) is 5.75 Å². The lowest BCUT2D eigenvalue weighted by atomic mass is 9.96. The summed E-state index contributed by atoms with van der Waals surface area (Å²) in [6.45, 7) is 4.22. The average molecular weight is 581 g/mol. The summed E-state index contributed by atoms with van der Waals surface area (Å²) in [5.41, 5.74) is 3.14. The minimum atomic E-state index is -0.185. The summed E-state index contributed by atoms with van der Waals surface area (Å²) in [6, 6.07) is 13.1. The highest BCUT2D eigenvalue weighted by molar-refractivity contribution is 7.15. The summed E-state index contributed by atoms with van der Waals surface area (Å²) in [7, 11) is 1.55. The highest BCUT2D eigenvalue weighted by Crippen LogP contribution is 2.36. The van der Waals surface area contributed by atoms with Crippen LogP contribution >= 0.6 is 22.9 Å². The summed E-state index contributed by atoms with van der Waals surface area (Å²) >= 11 is 7.87. The molecule has 1 N–H and O–H groups in total. The van der Waals surface area contributed by atoms with Gasteiger partial charge in [0, 0.05) is 41.7 Å². The number of aromatic nitrogens is 1.